The summed E-state index contributed by atoms with van der Waals surface area (Å²) in [5.41, 5.74) is 14.6. The van der Waals surface area contributed by atoms with Gasteiger partial charge in [-0.1, -0.05) is 60.7 Å². The first-order chi connectivity index (χ1) is 23.2. The quantitative estimate of drug-likeness (QED) is 0.197. The maximum absolute atomic E-state index is 5.32. The van der Waals surface area contributed by atoms with Gasteiger partial charge in [-0.3, -0.25) is 8.80 Å². The van der Waals surface area contributed by atoms with Crippen LogP contribution in [0, 0.1) is 0 Å². The summed E-state index contributed by atoms with van der Waals surface area (Å²) >= 11 is 0. The molecular formula is C40H27N7. The van der Waals surface area contributed by atoms with Crippen molar-refractivity contribution in [2.24, 2.45) is 14.1 Å². The zero-order valence-corrected chi connectivity index (χ0v) is 25.8. The summed E-state index contributed by atoms with van der Waals surface area (Å²) in [6, 6.07) is 45.7. The molecule has 0 fully saturated rings. The van der Waals surface area contributed by atoms with Crippen molar-refractivity contribution in [2.75, 3.05) is 0 Å². The van der Waals surface area contributed by atoms with Crippen LogP contribution >= 0.6 is 0 Å². The molecule has 0 spiro atoms. The Morgan fingerprint density at radius 3 is 1.85 bits per heavy atom. The second-order valence-electron chi connectivity index (χ2n) is 12.5. The molecule has 0 saturated carbocycles. The zero-order valence-electron chi connectivity index (χ0n) is 25.8. The van der Waals surface area contributed by atoms with Crippen LogP contribution < -0.4 is 0 Å². The Hall–Kier alpha value is -6.34. The highest BCUT2D eigenvalue weighted by atomic mass is 15.2. The minimum Gasteiger partial charge on any atom is -0.313 e. The highest BCUT2D eigenvalue weighted by Gasteiger charge is 2.21. The second-order valence-corrected chi connectivity index (χ2v) is 12.5. The third kappa shape index (κ3) is 3.10. The van der Waals surface area contributed by atoms with Gasteiger partial charge in [0.25, 0.3) is 0 Å². The number of aromatic nitrogens is 7. The van der Waals surface area contributed by atoms with Crippen molar-refractivity contribution in [3.8, 4) is 16.8 Å². The van der Waals surface area contributed by atoms with E-state index in [0.29, 0.717) is 0 Å². The van der Waals surface area contributed by atoms with Crippen molar-refractivity contribution in [1.82, 2.24) is 32.5 Å². The predicted molar refractivity (Wildman–Crippen MR) is 192 cm³/mol. The smallest absolute Gasteiger partial charge is 0.215 e. The number of hydrogen-bond acceptors (Lipinski definition) is 2. The number of para-hydroxylation sites is 5. The minimum absolute atomic E-state index is 0.938. The van der Waals surface area contributed by atoms with Gasteiger partial charge in [-0.25, -0.2) is 9.97 Å². The Bertz CT molecular complexity index is 3100. The second kappa shape index (κ2) is 8.68. The van der Waals surface area contributed by atoms with Crippen molar-refractivity contribution in [3.63, 3.8) is 0 Å². The molecule has 0 atom stereocenters. The fraction of sp³-hybridized carbons (Fsp3) is 0.0500. The van der Waals surface area contributed by atoms with Gasteiger partial charge in [-0.15, -0.1) is 0 Å². The zero-order chi connectivity index (χ0) is 31.0. The summed E-state index contributed by atoms with van der Waals surface area (Å²) in [5, 5.41) is 2.42. The fourth-order valence-electron chi connectivity index (χ4n) is 7.93. The minimum atomic E-state index is 0.938. The number of hydrogen-bond donors (Lipinski definition) is 0. The third-order valence-electron chi connectivity index (χ3n) is 10.1. The lowest BCUT2D eigenvalue weighted by molar-refractivity contribution is 0.973. The van der Waals surface area contributed by atoms with Gasteiger partial charge in [0, 0.05) is 30.6 Å². The van der Waals surface area contributed by atoms with Crippen LogP contribution in [0.4, 0.5) is 0 Å². The van der Waals surface area contributed by atoms with Crippen molar-refractivity contribution >= 4 is 77.5 Å². The molecule has 11 aromatic rings. The van der Waals surface area contributed by atoms with E-state index in [1.54, 1.807) is 0 Å². The van der Waals surface area contributed by atoms with Gasteiger partial charge in [0.2, 0.25) is 11.6 Å². The molecule has 0 aliphatic rings. The molecule has 5 aromatic heterocycles. The van der Waals surface area contributed by atoms with Gasteiger partial charge >= 0.3 is 0 Å². The Morgan fingerprint density at radius 1 is 0.447 bits per heavy atom. The summed E-state index contributed by atoms with van der Waals surface area (Å²) < 4.78 is 11.3. The lowest BCUT2D eigenvalue weighted by Gasteiger charge is -2.11. The van der Waals surface area contributed by atoms with Crippen LogP contribution in [0.1, 0.15) is 0 Å². The van der Waals surface area contributed by atoms with Crippen molar-refractivity contribution < 1.29 is 0 Å². The molecule has 7 nitrogen and oxygen atoms in total. The average molecular weight is 606 g/mol. The van der Waals surface area contributed by atoms with E-state index in [4.69, 9.17) is 9.97 Å². The van der Waals surface area contributed by atoms with E-state index in [1.807, 2.05) is 0 Å². The van der Waals surface area contributed by atoms with Crippen molar-refractivity contribution in [2.45, 2.75) is 0 Å². The monoisotopic (exact) mass is 605 g/mol. The Kier molecular flexibility index (Phi) is 4.60. The van der Waals surface area contributed by atoms with Gasteiger partial charge in [0.15, 0.2) is 0 Å². The lowest BCUT2D eigenvalue weighted by atomic mass is 10.0. The molecule has 0 N–H and O–H groups in total. The summed E-state index contributed by atoms with van der Waals surface area (Å²) in [5.74, 6) is 1.88. The van der Waals surface area contributed by atoms with Crippen LogP contribution in [0.3, 0.4) is 0 Å². The standard InChI is InChI=1S/C40H27N7/c1-43-32-15-6-8-17-34(32)47-36-23-25(18-20-29(36)41-39(43)47)24-10-9-11-26(22-24)45-30-13-4-3-12-27(30)28-19-21-35-37(38(28)45)42-40-44(2)31-14-5-7-16-33(31)46(35)40/h3-23H,1-2H3. The van der Waals surface area contributed by atoms with E-state index in [-0.39, 0.29) is 0 Å². The number of benzene rings is 6. The van der Waals surface area contributed by atoms with E-state index < -0.39 is 0 Å². The number of nitrogens with zero attached hydrogens (tertiary/aromatic N) is 7. The van der Waals surface area contributed by atoms with Crippen LogP contribution in [0.25, 0.3) is 94.3 Å². The largest absolute Gasteiger partial charge is 0.313 e. The molecule has 6 aromatic carbocycles. The van der Waals surface area contributed by atoms with Gasteiger partial charge in [0.05, 0.1) is 49.7 Å². The highest BCUT2D eigenvalue weighted by Crippen LogP contribution is 2.39. The Morgan fingerprint density at radius 2 is 1.09 bits per heavy atom. The molecule has 7 heteroatoms. The number of fused-ring (bicyclic) bond motifs is 14. The van der Waals surface area contributed by atoms with E-state index in [2.05, 4.69) is 164 Å². The summed E-state index contributed by atoms with van der Waals surface area (Å²) in [6.07, 6.45) is 0. The van der Waals surface area contributed by atoms with Gasteiger partial charge < -0.3 is 13.7 Å². The molecule has 47 heavy (non-hydrogen) atoms. The average Bonchev–Trinajstić information content (AvgIpc) is 3.90. The van der Waals surface area contributed by atoms with E-state index in [9.17, 15) is 0 Å². The molecule has 0 aliphatic carbocycles. The van der Waals surface area contributed by atoms with Crippen LogP contribution in [0.2, 0.25) is 0 Å². The number of aryl methyl sites for hydroxylation is 2. The van der Waals surface area contributed by atoms with Gasteiger partial charge in [-0.2, -0.15) is 0 Å². The van der Waals surface area contributed by atoms with Gasteiger partial charge in [0.1, 0.15) is 5.52 Å². The van der Waals surface area contributed by atoms with E-state index in [1.165, 1.54) is 21.8 Å². The lowest BCUT2D eigenvalue weighted by Crippen LogP contribution is -1.95. The van der Waals surface area contributed by atoms with Crippen LogP contribution in [0.15, 0.2) is 127 Å². The van der Waals surface area contributed by atoms with E-state index in [0.717, 1.165) is 72.5 Å². The maximum Gasteiger partial charge on any atom is 0.215 e. The fourth-order valence-corrected chi connectivity index (χ4v) is 7.93. The molecular weight excluding hydrogens is 578 g/mol. The van der Waals surface area contributed by atoms with Crippen molar-refractivity contribution in [3.05, 3.63) is 127 Å². The first kappa shape index (κ1) is 24.9. The molecule has 0 aliphatic heterocycles. The molecule has 0 bridgehead atoms. The molecule has 5 heterocycles. The van der Waals surface area contributed by atoms with Gasteiger partial charge in [-0.05, 0) is 77.9 Å². The van der Waals surface area contributed by atoms with Crippen LogP contribution in [-0.2, 0) is 14.1 Å². The first-order valence-electron chi connectivity index (χ1n) is 15.9. The van der Waals surface area contributed by atoms with Crippen LogP contribution in [-0.4, -0.2) is 32.5 Å². The molecule has 222 valence electrons. The Balaban J connectivity index is 1.18. The third-order valence-corrected chi connectivity index (χ3v) is 10.1. The normalized spacial score (nSPS) is 12.5. The predicted octanol–water partition coefficient (Wildman–Crippen LogP) is 9.04. The summed E-state index contributed by atoms with van der Waals surface area (Å²) in [7, 11) is 4.19. The SMILES string of the molecule is Cn1c2ccccc2n2c3cc(-c4cccc(-n5c6ccccc6c6ccc7c(nc8n(C)c9ccccc9n78)c65)c4)ccc3nc12. The molecule has 0 amide bonds. The van der Waals surface area contributed by atoms with E-state index >= 15 is 0 Å². The maximum atomic E-state index is 5.32. The summed E-state index contributed by atoms with van der Waals surface area (Å²) in [4.78, 5) is 10.3. The molecule has 0 saturated heterocycles. The molecule has 0 unspecified atom stereocenters. The highest BCUT2D eigenvalue weighted by molar-refractivity contribution is 6.18. The van der Waals surface area contributed by atoms with Crippen molar-refractivity contribution in [1.29, 1.82) is 0 Å². The number of rotatable bonds is 2. The Labute approximate surface area is 267 Å². The van der Waals surface area contributed by atoms with Crippen LogP contribution in [0.5, 0.6) is 0 Å². The topological polar surface area (TPSA) is 49.4 Å². The molecule has 0 radical (unpaired) electrons. The number of imidazole rings is 4. The molecule has 11 rings (SSSR count). The first-order valence-corrected chi connectivity index (χ1v) is 15.9. The summed E-state index contributed by atoms with van der Waals surface area (Å²) in [6.45, 7) is 0.